The van der Waals surface area contributed by atoms with E-state index in [2.05, 4.69) is 59.3 Å². The van der Waals surface area contributed by atoms with E-state index >= 15 is 0 Å². The molecule has 1 heterocycles. The SMILES string of the molecule is Cc1ccccc1-c1nc(-c2ccc(NC(=S)Nc3ccccc3)cc2)cs1. The zero-order valence-corrected chi connectivity index (χ0v) is 17.0. The quantitative estimate of drug-likeness (QED) is 0.378. The van der Waals surface area contributed by atoms with E-state index in [1.54, 1.807) is 11.3 Å². The van der Waals surface area contributed by atoms with Gasteiger partial charge in [0.15, 0.2) is 5.11 Å². The minimum absolute atomic E-state index is 0.564. The summed E-state index contributed by atoms with van der Waals surface area (Å²) in [6.07, 6.45) is 0. The van der Waals surface area contributed by atoms with Crippen LogP contribution in [0.1, 0.15) is 5.56 Å². The van der Waals surface area contributed by atoms with Crippen molar-refractivity contribution in [1.29, 1.82) is 0 Å². The lowest BCUT2D eigenvalue weighted by Gasteiger charge is -2.10. The Kier molecular flexibility index (Phi) is 5.46. The minimum atomic E-state index is 0.564. The molecule has 0 amide bonds. The Hall–Kier alpha value is -3.02. The zero-order valence-electron chi connectivity index (χ0n) is 15.3. The van der Waals surface area contributed by atoms with E-state index in [9.17, 15) is 0 Å². The Bertz CT molecular complexity index is 1090. The smallest absolute Gasteiger partial charge is 0.175 e. The first-order chi connectivity index (χ1) is 13.7. The molecule has 1 aromatic heterocycles. The summed E-state index contributed by atoms with van der Waals surface area (Å²) in [7, 11) is 0. The Morgan fingerprint density at radius 1 is 0.821 bits per heavy atom. The van der Waals surface area contributed by atoms with Crippen molar-refractivity contribution in [2.45, 2.75) is 6.92 Å². The zero-order chi connectivity index (χ0) is 19.3. The number of para-hydroxylation sites is 1. The summed E-state index contributed by atoms with van der Waals surface area (Å²) in [4.78, 5) is 4.82. The Balaban J connectivity index is 1.45. The molecular formula is C23H19N3S2. The number of hydrogen-bond acceptors (Lipinski definition) is 3. The summed E-state index contributed by atoms with van der Waals surface area (Å²) < 4.78 is 0. The van der Waals surface area contributed by atoms with Crippen LogP contribution < -0.4 is 10.6 Å². The number of benzene rings is 3. The monoisotopic (exact) mass is 401 g/mol. The highest BCUT2D eigenvalue weighted by Crippen LogP contribution is 2.31. The normalized spacial score (nSPS) is 10.5. The number of nitrogens with zero attached hydrogens (tertiary/aromatic N) is 1. The molecule has 28 heavy (non-hydrogen) atoms. The Labute approximate surface area is 174 Å². The van der Waals surface area contributed by atoms with Crippen LogP contribution in [0.5, 0.6) is 0 Å². The van der Waals surface area contributed by atoms with Crippen molar-refractivity contribution in [2.24, 2.45) is 0 Å². The van der Waals surface area contributed by atoms with Crippen molar-refractivity contribution < 1.29 is 0 Å². The van der Waals surface area contributed by atoms with Gasteiger partial charge in [0.2, 0.25) is 0 Å². The van der Waals surface area contributed by atoms with Gasteiger partial charge in [-0.3, -0.25) is 0 Å². The standard InChI is InChI=1S/C23H19N3S2/c1-16-7-5-6-10-20(16)22-26-21(15-28-22)17-11-13-19(14-12-17)25-23(27)24-18-8-3-2-4-9-18/h2-15H,1H3,(H2,24,25,27). The van der Waals surface area contributed by atoms with Gasteiger partial charge in [0.25, 0.3) is 0 Å². The highest BCUT2D eigenvalue weighted by Gasteiger charge is 2.08. The molecule has 0 saturated heterocycles. The maximum Gasteiger partial charge on any atom is 0.175 e. The molecule has 0 aliphatic heterocycles. The van der Waals surface area contributed by atoms with Crippen LogP contribution in [0.4, 0.5) is 11.4 Å². The lowest BCUT2D eigenvalue weighted by molar-refractivity contribution is 1.37. The topological polar surface area (TPSA) is 37.0 Å². The van der Waals surface area contributed by atoms with Crippen LogP contribution in [0.3, 0.4) is 0 Å². The minimum Gasteiger partial charge on any atom is -0.332 e. The fraction of sp³-hybridized carbons (Fsp3) is 0.0435. The third-order valence-electron chi connectivity index (χ3n) is 4.35. The van der Waals surface area contributed by atoms with E-state index in [1.807, 2.05) is 42.5 Å². The van der Waals surface area contributed by atoms with Crippen LogP contribution in [-0.2, 0) is 0 Å². The van der Waals surface area contributed by atoms with Gasteiger partial charge in [0.05, 0.1) is 5.69 Å². The van der Waals surface area contributed by atoms with Gasteiger partial charge in [0, 0.05) is 27.9 Å². The van der Waals surface area contributed by atoms with Crippen LogP contribution in [0.15, 0.2) is 84.2 Å². The maximum absolute atomic E-state index is 5.38. The van der Waals surface area contributed by atoms with Gasteiger partial charge in [-0.15, -0.1) is 11.3 Å². The van der Waals surface area contributed by atoms with Crippen LogP contribution >= 0.6 is 23.6 Å². The van der Waals surface area contributed by atoms with E-state index in [-0.39, 0.29) is 0 Å². The van der Waals surface area contributed by atoms with E-state index in [0.717, 1.165) is 27.6 Å². The number of nitrogens with one attached hydrogen (secondary N) is 2. The first kappa shape index (κ1) is 18.3. The van der Waals surface area contributed by atoms with Crippen molar-refractivity contribution in [1.82, 2.24) is 4.98 Å². The molecule has 0 radical (unpaired) electrons. The average molecular weight is 402 g/mol. The highest BCUT2D eigenvalue weighted by molar-refractivity contribution is 7.80. The van der Waals surface area contributed by atoms with Gasteiger partial charge < -0.3 is 10.6 Å². The van der Waals surface area contributed by atoms with Gasteiger partial charge in [-0.25, -0.2) is 4.98 Å². The number of aryl methyl sites for hydroxylation is 1. The van der Waals surface area contributed by atoms with Gasteiger partial charge >= 0.3 is 0 Å². The summed E-state index contributed by atoms with van der Waals surface area (Å²) in [5.74, 6) is 0. The molecule has 0 bridgehead atoms. The third kappa shape index (κ3) is 4.27. The summed E-state index contributed by atoms with van der Waals surface area (Å²) in [6, 6.07) is 26.4. The Morgan fingerprint density at radius 3 is 2.18 bits per heavy atom. The lowest BCUT2D eigenvalue weighted by atomic mass is 10.1. The van der Waals surface area contributed by atoms with Crippen LogP contribution in [0.2, 0.25) is 0 Å². The third-order valence-corrected chi connectivity index (χ3v) is 5.43. The van der Waals surface area contributed by atoms with Crippen LogP contribution in [0.25, 0.3) is 21.8 Å². The number of anilines is 2. The second kappa shape index (κ2) is 8.33. The van der Waals surface area contributed by atoms with Gasteiger partial charge in [0.1, 0.15) is 5.01 Å². The number of aromatic nitrogens is 1. The molecule has 0 atom stereocenters. The number of rotatable bonds is 4. The van der Waals surface area contributed by atoms with E-state index < -0.39 is 0 Å². The molecule has 0 aliphatic rings. The molecule has 0 fully saturated rings. The van der Waals surface area contributed by atoms with Crippen molar-refractivity contribution in [3.8, 4) is 21.8 Å². The molecular weight excluding hydrogens is 382 g/mol. The summed E-state index contributed by atoms with van der Waals surface area (Å²) in [6.45, 7) is 2.11. The predicted molar refractivity (Wildman–Crippen MR) is 124 cm³/mol. The van der Waals surface area contributed by atoms with E-state index in [1.165, 1.54) is 11.1 Å². The summed E-state index contributed by atoms with van der Waals surface area (Å²) in [5.41, 5.74) is 6.40. The predicted octanol–water partition coefficient (Wildman–Crippen LogP) is 6.59. The van der Waals surface area contributed by atoms with Gasteiger partial charge in [-0.2, -0.15) is 0 Å². The molecule has 4 rings (SSSR count). The van der Waals surface area contributed by atoms with E-state index in [4.69, 9.17) is 17.2 Å². The molecule has 3 aromatic carbocycles. The molecule has 0 aliphatic carbocycles. The van der Waals surface area contributed by atoms with Crippen LogP contribution in [-0.4, -0.2) is 10.1 Å². The maximum atomic E-state index is 5.38. The summed E-state index contributed by atoms with van der Waals surface area (Å²) in [5, 5.41) is 10.1. The number of hydrogen-bond donors (Lipinski definition) is 2. The fourth-order valence-corrected chi connectivity index (χ4v) is 4.04. The fourth-order valence-electron chi connectivity index (χ4n) is 2.88. The van der Waals surface area contributed by atoms with E-state index in [0.29, 0.717) is 5.11 Å². The molecule has 0 saturated carbocycles. The molecule has 3 nitrogen and oxygen atoms in total. The molecule has 5 heteroatoms. The second-order valence-corrected chi connectivity index (χ2v) is 7.64. The largest absolute Gasteiger partial charge is 0.332 e. The van der Waals surface area contributed by atoms with Crippen molar-refractivity contribution in [3.05, 3.63) is 89.8 Å². The second-order valence-electron chi connectivity index (χ2n) is 6.38. The van der Waals surface area contributed by atoms with Crippen LogP contribution in [0, 0.1) is 6.92 Å². The number of thiazole rings is 1. The van der Waals surface area contributed by atoms with Gasteiger partial charge in [-0.05, 0) is 49.0 Å². The number of thiocarbonyl (C=S) groups is 1. The van der Waals surface area contributed by atoms with Crippen molar-refractivity contribution >= 4 is 40.0 Å². The molecule has 0 unspecified atom stereocenters. The molecule has 4 aromatic rings. The van der Waals surface area contributed by atoms with Gasteiger partial charge in [-0.1, -0.05) is 54.6 Å². The molecule has 0 spiro atoms. The van der Waals surface area contributed by atoms with Crippen molar-refractivity contribution in [2.75, 3.05) is 10.6 Å². The highest BCUT2D eigenvalue weighted by atomic mass is 32.1. The Morgan fingerprint density at radius 2 is 1.46 bits per heavy atom. The summed E-state index contributed by atoms with van der Waals surface area (Å²) >= 11 is 7.05. The lowest BCUT2D eigenvalue weighted by Crippen LogP contribution is -2.18. The first-order valence-corrected chi connectivity index (χ1v) is 10.2. The molecule has 2 N–H and O–H groups in total. The van der Waals surface area contributed by atoms with Crippen molar-refractivity contribution in [3.63, 3.8) is 0 Å². The first-order valence-electron chi connectivity index (χ1n) is 8.94. The molecule has 138 valence electrons. The average Bonchev–Trinajstić information content (AvgIpc) is 3.19.